The molecule has 0 fully saturated rings. The normalized spacial score (nSPS) is 12.4. The Labute approximate surface area is 272 Å². The van der Waals surface area contributed by atoms with Gasteiger partial charge in [0.05, 0.1) is 54.9 Å². The number of sulfone groups is 1. The molecule has 5 N–H and O–H groups in total. The molecule has 0 bridgehead atoms. The van der Waals surface area contributed by atoms with Gasteiger partial charge in [-0.1, -0.05) is 22.7 Å². The molecule has 17 nitrogen and oxygen atoms in total. The number of nitrogens with zero attached hydrogens (tertiary/aromatic N) is 4. The third-order valence-corrected chi connectivity index (χ3v) is 9.11. The van der Waals surface area contributed by atoms with Crippen LogP contribution in [0.2, 0.25) is 0 Å². The molecule has 0 spiro atoms. The number of azo groups is 2. The van der Waals surface area contributed by atoms with E-state index in [1.165, 1.54) is 38.5 Å². The predicted molar refractivity (Wildman–Crippen MR) is 169 cm³/mol. The summed E-state index contributed by atoms with van der Waals surface area (Å²) in [6, 6.07) is 14.1. The third kappa shape index (κ3) is 8.69. The second-order valence-electron chi connectivity index (χ2n) is 9.38. The van der Waals surface area contributed by atoms with E-state index in [1.54, 1.807) is 12.1 Å². The molecule has 0 amide bonds. The van der Waals surface area contributed by atoms with Crippen molar-refractivity contribution >= 4 is 71.5 Å². The van der Waals surface area contributed by atoms with Gasteiger partial charge in [0.25, 0.3) is 0 Å². The van der Waals surface area contributed by atoms with Crippen molar-refractivity contribution in [3.8, 4) is 17.2 Å². The first-order chi connectivity index (χ1) is 22.3. The Morgan fingerprint density at radius 2 is 1.53 bits per heavy atom. The minimum Gasteiger partial charge on any atom is -0.505 e. The van der Waals surface area contributed by atoms with Crippen LogP contribution in [-0.2, 0) is 33.8 Å². The number of benzene rings is 4. The molecule has 0 radical (unpaired) electrons. The number of aromatic hydroxyl groups is 1. The molecule has 47 heavy (non-hydrogen) atoms. The van der Waals surface area contributed by atoms with Crippen molar-refractivity contribution in [3.63, 3.8) is 0 Å². The van der Waals surface area contributed by atoms with Crippen LogP contribution in [0.1, 0.15) is 5.56 Å². The van der Waals surface area contributed by atoms with Crippen molar-refractivity contribution in [2.75, 3.05) is 32.3 Å². The predicted octanol–water partition coefficient (Wildman–Crippen LogP) is 6.31. The first kappa shape index (κ1) is 35.4. The lowest BCUT2D eigenvalue weighted by molar-refractivity contribution is -0.432. The van der Waals surface area contributed by atoms with Crippen molar-refractivity contribution in [3.05, 3.63) is 60.2 Å². The molecule has 0 saturated heterocycles. The summed E-state index contributed by atoms with van der Waals surface area (Å²) in [5.74, 6) is -1.53. The van der Waals surface area contributed by atoms with Gasteiger partial charge in [-0.2, -0.15) is 13.5 Å². The zero-order valence-corrected chi connectivity index (χ0v) is 27.2. The molecule has 0 saturated carbocycles. The molecule has 4 aromatic carbocycles. The first-order valence-electron chi connectivity index (χ1n) is 13.0. The Kier molecular flexibility index (Phi) is 11.3. The van der Waals surface area contributed by atoms with Gasteiger partial charge in [0, 0.05) is 22.9 Å². The molecule has 20 heteroatoms. The summed E-state index contributed by atoms with van der Waals surface area (Å²) in [7, 11) is -6.67. The zero-order chi connectivity index (χ0) is 34.4. The maximum Gasteiger partial charge on any atom is 0.397 e. The van der Waals surface area contributed by atoms with Gasteiger partial charge in [-0.15, -0.1) is 19.7 Å². The minimum absolute atomic E-state index is 0.0443. The average Bonchev–Trinajstić information content (AvgIpc) is 3.02. The Bertz CT molecular complexity index is 2060. The van der Waals surface area contributed by atoms with Crippen molar-refractivity contribution in [1.29, 1.82) is 0 Å². The summed E-state index contributed by atoms with van der Waals surface area (Å²) in [5, 5.41) is 41.2. The highest BCUT2D eigenvalue weighted by atomic mass is 32.3. The number of aryl methyl sites for hydroxylation is 1. The molecule has 250 valence electrons. The highest BCUT2D eigenvalue weighted by Crippen LogP contribution is 2.48. The molecule has 0 aliphatic carbocycles. The molecule has 0 unspecified atom stereocenters. The molecule has 0 aliphatic heterocycles. The maximum atomic E-state index is 12.9. The number of hydrogen-bond donors (Lipinski definition) is 4. The number of rotatable bonds is 14. The Morgan fingerprint density at radius 1 is 0.851 bits per heavy atom. The van der Waals surface area contributed by atoms with E-state index in [0.717, 1.165) is 11.6 Å². The summed E-state index contributed by atoms with van der Waals surface area (Å²) in [5.41, 5.74) is 8.06. The van der Waals surface area contributed by atoms with Crippen molar-refractivity contribution < 1.29 is 54.8 Å². The number of nitrogens with two attached hydrogens (primary N) is 1. The second kappa shape index (κ2) is 15.0. The molecule has 4 rings (SSSR count). The van der Waals surface area contributed by atoms with E-state index >= 15 is 0 Å². The van der Waals surface area contributed by atoms with Crippen LogP contribution in [0.25, 0.3) is 10.8 Å². The number of phenols is 1. The summed E-state index contributed by atoms with van der Waals surface area (Å²) >= 11 is 0.468. The summed E-state index contributed by atoms with van der Waals surface area (Å²) in [6.07, 6.45) is 0. The minimum atomic E-state index is -4.86. The van der Waals surface area contributed by atoms with Crippen molar-refractivity contribution in [2.45, 2.75) is 16.7 Å². The van der Waals surface area contributed by atoms with E-state index in [4.69, 9.17) is 25.0 Å². The van der Waals surface area contributed by atoms with E-state index < -0.39 is 43.2 Å². The molecule has 0 heterocycles. The van der Waals surface area contributed by atoms with E-state index in [1.807, 2.05) is 19.1 Å². The zero-order valence-electron chi connectivity index (χ0n) is 24.7. The number of hydrogen-bond acceptors (Lipinski definition) is 17. The SMILES string of the molecule is COc1cc(S(=O)(=O)CCOS(=O)(=O)O)c(OC)cc1N=Nc1c(SOOO)cc2c(N=Nc3ccc(C)cc3)c(N)ccc2c1O. The lowest BCUT2D eigenvalue weighted by atomic mass is 10.1. The van der Waals surface area contributed by atoms with Crippen LogP contribution in [0, 0.1) is 6.92 Å². The highest BCUT2D eigenvalue weighted by molar-refractivity contribution is 7.94. The van der Waals surface area contributed by atoms with Gasteiger partial charge in [0.15, 0.2) is 15.6 Å². The van der Waals surface area contributed by atoms with Gasteiger partial charge in [0.1, 0.15) is 33.5 Å². The molecular weight excluding hydrogens is 683 g/mol. The molecule has 0 atom stereocenters. The number of ether oxygens (including phenoxy) is 2. The standard InChI is InChI=1S/C27H27N5O12S3/c1-15-4-6-16(7-5-15)29-31-25-18-12-23(45-44-43-34)26(27(33)17(18)8-9-19(25)28)32-30-20-13-22(41-3)24(14-21(20)40-2)46(35,36)11-10-42-47(37,38)39/h4-9,12-14,33-34H,10-11,28H2,1-3H3,(H,37,38,39). The van der Waals surface area contributed by atoms with Gasteiger partial charge in [-0.05, 0) is 37.3 Å². The van der Waals surface area contributed by atoms with Crippen LogP contribution in [0.5, 0.6) is 17.2 Å². The first-order valence-corrected chi connectivity index (χ1v) is 16.8. The summed E-state index contributed by atoms with van der Waals surface area (Å²) in [4.78, 5) is -0.313. The quantitative estimate of drug-likeness (QED) is 0.0280. The van der Waals surface area contributed by atoms with E-state index in [2.05, 4.69) is 34.0 Å². The van der Waals surface area contributed by atoms with Crippen LogP contribution in [-0.4, -0.2) is 58.3 Å². The molecule has 0 aromatic heterocycles. The van der Waals surface area contributed by atoms with E-state index in [-0.39, 0.29) is 44.5 Å². The van der Waals surface area contributed by atoms with E-state index in [0.29, 0.717) is 23.1 Å². The Balaban J connectivity index is 1.79. The fourth-order valence-electron chi connectivity index (χ4n) is 4.10. The Morgan fingerprint density at radius 3 is 2.17 bits per heavy atom. The monoisotopic (exact) mass is 709 g/mol. The fourth-order valence-corrected chi connectivity index (χ4v) is 6.25. The molecule has 4 aromatic rings. The lowest BCUT2D eigenvalue weighted by Crippen LogP contribution is -2.16. The Hall–Kier alpha value is -4.41. The van der Waals surface area contributed by atoms with Crippen LogP contribution in [0.4, 0.5) is 28.4 Å². The average molecular weight is 710 g/mol. The van der Waals surface area contributed by atoms with Gasteiger partial charge in [-0.25, -0.2) is 17.9 Å². The van der Waals surface area contributed by atoms with E-state index in [9.17, 15) is 21.9 Å². The van der Waals surface area contributed by atoms with Crippen molar-refractivity contribution in [1.82, 2.24) is 0 Å². The summed E-state index contributed by atoms with van der Waals surface area (Å²) in [6.45, 7) is 1.07. The molecule has 0 aliphatic rings. The third-order valence-electron chi connectivity index (χ3n) is 6.33. The number of nitrogen functional groups attached to an aromatic ring is 1. The van der Waals surface area contributed by atoms with Crippen LogP contribution >= 0.6 is 12.0 Å². The number of fused-ring (bicyclic) bond motifs is 1. The van der Waals surface area contributed by atoms with Gasteiger partial charge < -0.3 is 20.3 Å². The summed E-state index contributed by atoms with van der Waals surface area (Å²) < 4.78 is 75.5. The number of phenolic OH excluding ortho intramolecular Hbond substituents is 1. The number of anilines is 1. The van der Waals surface area contributed by atoms with Gasteiger partial charge in [-0.3, -0.25) is 4.55 Å². The van der Waals surface area contributed by atoms with Crippen LogP contribution < -0.4 is 15.2 Å². The smallest absolute Gasteiger partial charge is 0.397 e. The van der Waals surface area contributed by atoms with Crippen LogP contribution in [0.3, 0.4) is 0 Å². The van der Waals surface area contributed by atoms with Crippen molar-refractivity contribution in [2.24, 2.45) is 20.5 Å². The second-order valence-corrected chi connectivity index (χ2v) is 13.3. The molecular formula is C27H27N5O12S3. The number of methoxy groups -OCH3 is 2. The van der Waals surface area contributed by atoms with Crippen LogP contribution in [0.15, 0.2) is 84.8 Å². The highest BCUT2D eigenvalue weighted by Gasteiger charge is 2.25. The fraction of sp³-hybridized carbons (Fsp3) is 0.185. The van der Waals surface area contributed by atoms with Gasteiger partial charge >= 0.3 is 10.4 Å². The lowest BCUT2D eigenvalue weighted by Gasteiger charge is -2.13. The largest absolute Gasteiger partial charge is 0.505 e. The van der Waals surface area contributed by atoms with Gasteiger partial charge in [0.2, 0.25) is 0 Å². The maximum absolute atomic E-state index is 12.9. The topological polar surface area (TPSA) is 251 Å².